The van der Waals surface area contributed by atoms with Gasteiger partial charge in [-0.25, -0.2) is 9.37 Å². The van der Waals surface area contributed by atoms with Crippen LogP contribution in [0.4, 0.5) is 4.39 Å². The Hall–Kier alpha value is -2.21. The van der Waals surface area contributed by atoms with Crippen molar-refractivity contribution in [3.8, 4) is 11.4 Å². The molecule has 6 heteroatoms. The molecule has 0 fully saturated rings. The standard InChI is InChI=1S/C15H10BrFN2O2/c16-10-7-9(5-6-11(10)17)15-18-12-3-1-2-4-13(12)19(15)8-14(20)21/h1-7H,8H2,(H,20,21). The first kappa shape index (κ1) is 13.8. The zero-order valence-electron chi connectivity index (χ0n) is 10.8. The lowest BCUT2D eigenvalue weighted by molar-refractivity contribution is -0.137. The van der Waals surface area contributed by atoms with Crippen LogP contribution < -0.4 is 0 Å². The van der Waals surface area contributed by atoms with E-state index >= 15 is 0 Å². The van der Waals surface area contributed by atoms with E-state index in [1.807, 2.05) is 24.3 Å². The molecule has 1 heterocycles. The number of para-hydroxylation sites is 2. The maximum Gasteiger partial charge on any atom is 0.323 e. The maximum atomic E-state index is 13.4. The minimum absolute atomic E-state index is 0.204. The molecule has 0 aliphatic carbocycles. The van der Waals surface area contributed by atoms with Crippen molar-refractivity contribution in [2.75, 3.05) is 0 Å². The molecule has 0 aliphatic heterocycles. The van der Waals surface area contributed by atoms with Crippen molar-refractivity contribution < 1.29 is 14.3 Å². The Morgan fingerprint density at radius 2 is 2.05 bits per heavy atom. The van der Waals surface area contributed by atoms with Gasteiger partial charge in [0.05, 0.1) is 15.5 Å². The number of hydrogen-bond donors (Lipinski definition) is 1. The molecule has 4 nitrogen and oxygen atoms in total. The summed E-state index contributed by atoms with van der Waals surface area (Å²) in [5.74, 6) is -0.834. The number of carboxylic acid groups (broad SMARTS) is 1. The number of aliphatic carboxylic acids is 1. The highest BCUT2D eigenvalue weighted by Crippen LogP contribution is 2.28. The largest absolute Gasteiger partial charge is 0.480 e. The van der Waals surface area contributed by atoms with Crippen LogP contribution in [0.15, 0.2) is 46.9 Å². The molecule has 0 spiro atoms. The number of carboxylic acids is 1. The molecule has 1 aromatic heterocycles. The minimum Gasteiger partial charge on any atom is -0.480 e. The van der Waals surface area contributed by atoms with Crippen molar-refractivity contribution in [2.24, 2.45) is 0 Å². The molecule has 0 radical (unpaired) electrons. The summed E-state index contributed by atoms with van der Waals surface area (Å²) >= 11 is 3.13. The number of fused-ring (bicyclic) bond motifs is 1. The number of hydrogen-bond acceptors (Lipinski definition) is 2. The molecule has 3 aromatic rings. The van der Waals surface area contributed by atoms with Gasteiger partial charge in [-0.05, 0) is 46.3 Å². The van der Waals surface area contributed by atoms with E-state index in [0.29, 0.717) is 21.4 Å². The van der Waals surface area contributed by atoms with Crippen LogP contribution in [0, 0.1) is 5.82 Å². The van der Waals surface area contributed by atoms with Crippen molar-refractivity contribution in [3.63, 3.8) is 0 Å². The van der Waals surface area contributed by atoms with E-state index < -0.39 is 5.97 Å². The summed E-state index contributed by atoms with van der Waals surface area (Å²) < 4.78 is 15.3. The first-order valence-electron chi connectivity index (χ1n) is 6.19. The maximum absolute atomic E-state index is 13.4. The van der Waals surface area contributed by atoms with E-state index in [2.05, 4.69) is 20.9 Å². The molecule has 21 heavy (non-hydrogen) atoms. The van der Waals surface area contributed by atoms with Gasteiger partial charge in [-0.3, -0.25) is 4.79 Å². The summed E-state index contributed by atoms with van der Waals surface area (Å²) in [4.78, 5) is 15.6. The molecule has 0 amide bonds. The molecule has 3 rings (SSSR count). The predicted molar refractivity (Wildman–Crippen MR) is 80.5 cm³/mol. The molecular weight excluding hydrogens is 339 g/mol. The van der Waals surface area contributed by atoms with E-state index in [1.54, 1.807) is 16.7 Å². The lowest BCUT2D eigenvalue weighted by Crippen LogP contribution is -2.10. The first-order chi connectivity index (χ1) is 10.1. The zero-order valence-corrected chi connectivity index (χ0v) is 12.3. The highest BCUT2D eigenvalue weighted by molar-refractivity contribution is 9.10. The van der Waals surface area contributed by atoms with E-state index in [9.17, 15) is 9.18 Å². The third kappa shape index (κ3) is 2.54. The second-order valence-corrected chi connectivity index (χ2v) is 5.39. The average molecular weight is 349 g/mol. The molecule has 1 N–H and O–H groups in total. The summed E-state index contributed by atoms with van der Waals surface area (Å²) in [6.45, 7) is -0.204. The van der Waals surface area contributed by atoms with Gasteiger partial charge in [0.1, 0.15) is 18.2 Å². The molecule has 106 valence electrons. The van der Waals surface area contributed by atoms with Crippen LogP contribution in [0.2, 0.25) is 0 Å². The van der Waals surface area contributed by atoms with Crippen LogP contribution in [0.1, 0.15) is 0 Å². The van der Waals surface area contributed by atoms with Crippen molar-refractivity contribution in [1.82, 2.24) is 9.55 Å². The van der Waals surface area contributed by atoms with Crippen LogP contribution in [-0.2, 0) is 11.3 Å². The number of aromatic nitrogens is 2. The normalized spacial score (nSPS) is 11.0. The highest BCUT2D eigenvalue weighted by atomic mass is 79.9. The number of carbonyl (C=O) groups is 1. The van der Waals surface area contributed by atoms with E-state index in [-0.39, 0.29) is 12.4 Å². The fourth-order valence-electron chi connectivity index (χ4n) is 2.23. The van der Waals surface area contributed by atoms with Crippen molar-refractivity contribution in [3.05, 3.63) is 52.8 Å². The Morgan fingerprint density at radius 1 is 1.29 bits per heavy atom. The van der Waals surface area contributed by atoms with Gasteiger partial charge in [0, 0.05) is 5.56 Å². The number of nitrogens with zero attached hydrogens (tertiary/aromatic N) is 2. The lowest BCUT2D eigenvalue weighted by atomic mass is 10.2. The SMILES string of the molecule is O=C(O)Cn1c(-c2ccc(F)c(Br)c2)nc2ccccc21. The van der Waals surface area contributed by atoms with Crippen molar-refractivity contribution in [2.45, 2.75) is 6.54 Å². The van der Waals surface area contributed by atoms with Gasteiger partial charge >= 0.3 is 5.97 Å². The molecule has 0 unspecified atom stereocenters. The fourth-order valence-corrected chi connectivity index (χ4v) is 2.61. The first-order valence-corrected chi connectivity index (χ1v) is 6.98. The fraction of sp³-hybridized carbons (Fsp3) is 0.0667. The molecule has 0 atom stereocenters. The summed E-state index contributed by atoms with van der Waals surface area (Å²) in [5, 5.41) is 9.10. The van der Waals surface area contributed by atoms with E-state index in [1.165, 1.54) is 6.07 Å². The van der Waals surface area contributed by atoms with Crippen LogP contribution in [-0.4, -0.2) is 20.6 Å². The number of halogens is 2. The molecule has 0 saturated carbocycles. The molecule has 0 bridgehead atoms. The van der Waals surface area contributed by atoms with Gasteiger partial charge in [-0.1, -0.05) is 12.1 Å². The molecular formula is C15H10BrFN2O2. The summed E-state index contributed by atoms with van der Waals surface area (Å²) in [5.41, 5.74) is 2.09. The van der Waals surface area contributed by atoms with Gasteiger partial charge in [-0.2, -0.15) is 0 Å². The Morgan fingerprint density at radius 3 is 2.76 bits per heavy atom. The summed E-state index contributed by atoms with van der Waals surface area (Å²) in [6, 6.07) is 11.8. The van der Waals surface area contributed by atoms with E-state index in [4.69, 9.17) is 5.11 Å². The van der Waals surface area contributed by atoms with Crippen LogP contribution in [0.3, 0.4) is 0 Å². The third-order valence-corrected chi connectivity index (χ3v) is 3.73. The van der Waals surface area contributed by atoms with Crippen LogP contribution in [0.25, 0.3) is 22.4 Å². The van der Waals surface area contributed by atoms with Gasteiger partial charge in [-0.15, -0.1) is 0 Å². The monoisotopic (exact) mass is 348 g/mol. The van der Waals surface area contributed by atoms with Crippen molar-refractivity contribution in [1.29, 1.82) is 0 Å². The summed E-state index contributed by atoms with van der Waals surface area (Å²) in [6.07, 6.45) is 0. The Bertz CT molecular complexity index is 845. The van der Waals surface area contributed by atoms with Crippen LogP contribution in [0.5, 0.6) is 0 Å². The van der Waals surface area contributed by atoms with Gasteiger partial charge in [0.25, 0.3) is 0 Å². The third-order valence-electron chi connectivity index (χ3n) is 3.13. The average Bonchev–Trinajstić information content (AvgIpc) is 2.80. The highest BCUT2D eigenvalue weighted by Gasteiger charge is 2.15. The smallest absolute Gasteiger partial charge is 0.323 e. The zero-order chi connectivity index (χ0) is 15.0. The number of benzene rings is 2. The number of rotatable bonds is 3. The Balaban J connectivity index is 2.25. The van der Waals surface area contributed by atoms with Gasteiger partial charge < -0.3 is 9.67 Å². The predicted octanol–water partition coefficient (Wildman–Crippen LogP) is 3.69. The Kier molecular flexibility index (Phi) is 3.47. The molecule has 2 aromatic carbocycles. The Labute approximate surface area is 128 Å². The van der Waals surface area contributed by atoms with E-state index in [0.717, 1.165) is 5.52 Å². The van der Waals surface area contributed by atoms with Gasteiger partial charge in [0.15, 0.2) is 0 Å². The topological polar surface area (TPSA) is 55.1 Å². The number of imidazole rings is 1. The minimum atomic E-state index is -0.958. The van der Waals surface area contributed by atoms with Crippen LogP contribution >= 0.6 is 15.9 Å². The second-order valence-electron chi connectivity index (χ2n) is 4.53. The second kappa shape index (κ2) is 5.29. The van der Waals surface area contributed by atoms with Crippen molar-refractivity contribution >= 4 is 32.9 Å². The molecule has 0 aliphatic rings. The quantitative estimate of drug-likeness (QED) is 0.785. The summed E-state index contributed by atoms with van der Waals surface area (Å²) in [7, 11) is 0. The lowest BCUT2D eigenvalue weighted by Gasteiger charge is -2.07. The van der Waals surface area contributed by atoms with Gasteiger partial charge in [0.2, 0.25) is 0 Å². The molecule has 0 saturated heterocycles.